The lowest BCUT2D eigenvalue weighted by Gasteiger charge is -2.19. The van der Waals surface area contributed by atoms with Gasteiger partial charge in [-0.2, -0.15) is 0 Å². The van der Waals surface area contributed by atoms with Gasteiger partial charge in [-0.25, -0.2) is 0 Å². The molecule has 0 aliphatic heterocycles. The van der Waals surface area contributed by atoms with E-state index in [9.17, 15) is 9.59 Å². The smallest absolute Gasteiger partial charge is 0.198 e. The Kier molecular flexibility index (Phi) is 4.00. The molecule has 2 aliphatic rings. The summed E-state index contributed by atoms with van der Waals surface area (Å²) in [6.07, 6.45) is 3.53. The molecular weight excluding hydrogens is 364 g/mol. The lowest BCUT2D eigenvalue weighted by Crippen LogP contribution is -2.21. The van der Waals surface area contributed by atoms with Crippen LogP contribution in [-0.2, 0) is 0 Å². The highest BCUT2D eigenvalue weighted by Gasteiger charge is 2.36. The van der Waals surface area contributed by atoms with Gasteiger partial charge in [-0.15, -0.1) is 0 Å². The number of hydrogen-bond acceptors (Lipinski definition) is 4. The fourth-order valence-corrected chi connectivity index (χ4v) is 3.89. The number of ketones is 2. The topological polar surface area (TPSA) is 56.5 Å². The summed E-state index contributed by atoms with van der Waals surface area (Å²) in [6, 6.07) is 8.55. The van der Waals surface area contributed by atoms with Crippen LogP contribution in [0.15, 0.2) is 34.7 Å². The minimum absolute atomic E-state index is 0.231. The highest BCUT2D eigenvalue weighted by atomic mass is 16.5. The van der Waals surface area contributed by atoms with Crippen LogP contribution in [0.5, 0.6) is 5.75 Å². The van der Waals surface area contributed by atoms with Crippen LogP contribution in [0.3, 0.4) is 0 Å². The number of ether oxygens (including phenoxy) is 1. The number of carbonyl (C=O) groups is 2. The van der Waals surface area contributed by atoms with Crippen molar-refractivity contribution in [1.82, 2.24) is 0 Å². The van der Waals surface area contributed by atoms with Crippen molar-refractivity contribution in [3.63, 3.8) is 0 Å². The zero-order valence-electron chi connectivity index (χ0n) is 15.8. The van der Waals surface area contributed by atoms with E-state index in [1.807, 2.05) is 0 Å². The van der Waals surface area contributed by atoms with Gasteiger partial charge in [0, 0.05) is 29.4 Å². The first kappa shape index (κ1) is 17.3. The van der Waals surface area contributed by atoms with Crippen LogP contribution in [0.4, 0.5) is 0 Å². The molecule has 4 nitrogen and oxygen atoms in total. The fourth-order valence-electron chi connectivity index (χ4n) is 3.89. The third kappa shape index (κ3) is 2.57. The largest absolute Gasteiger partial charge is 0.496 e. The van der Waals surface area contributed by atoms with E-state index in [1.54, 1.807) is 30.3 Å². The molecule has 0 spiro atoms. The Hall–Kier alpha value is -3.76. The summed E-state index contributed by atoms with van der Waals surface area (Å²) in [5.74, 6) is 12.8. The second-order valence-corrected chi connectivity index (χ2v) is 7.03. The lowest BCUT2D eigenvalue weighted by molar-refractivity contribution is 0.0977. The summed E-state index contributed by atoms with van der Waals surface area (Å²) < 4.78 is 11.6. The van der Waals surface area contributed by atoms with E-state index < -0.39 is 0 Å². The van der Waals surface area contributed by atoms with Gasteiger partial charge in [0.05, 0.1) is 23.8 Å². The Morgan fingerprint density at radius 2 is 1.59 bits per heavy atom. The summed E-state index contributed by atoms with van der Waals surface area (Å²) in [5, 5.41) is 0.651. The van der Waals surface area contributed by atoms with Gasteiger partial charge < -0.3 is 9.15 Å². The SMILES string of the molecule is COc1cc2c3c(oc2c2c1C(=O)c1ccccc1C2=O)C#CCCCCC#C3. The van der Waals surface area contributed by atoms with Gasteiger partial charge in [-0.3, -0.25) is 9.59 Å². The number of carbonyl (C=O) groups excluding carboxylic acids is 2. The minimum Gasteiger partial charge on any atom is -0.496 e. The van der Waals surface area contributed by atoms with E-state index in [0.29, 0.717) is 39.2 Å². The standard InChI is InChI=1S/C25H16O4/c1-28-20-14-18-15-10-6-4-2-3-5-7-13-19(15)29-25(18)22-21(20)23(26)16-11-8-9-12-17(16)24(22)27/h8-9,11-12,14H,2-5H2,1H3. The van der Waals surface area contributed by atoms with E-state index in [1.165, 1.54) is 7.11 Å². The molecule has 29 heavy (non-hydrogen) atoms. The maximum Gasteiger partial charge on any atom is 0.198 e. The van der Waals surface area contributed by atoms with Crippen molar-refractivity contribution in [3.05, 3.63) is 63.9 Å². The zero-order chi connectivity index (χ0) is 20.0. The summed E-state index contributed by atoms with van der Waals surface area (Å²) in [5.41, 5.74) is 2.21. The zero-order valence-corrected chi connectivity index (χ0v) is 15.8. The summed E-state index contributed by atoms with van der Waals surface area (Å²) >= 11 is 0. The van der Waals surface area contributed by atoms with Crippen LogP contribution in [0.25, 0.3) is 11.0 Å². The van der Waals surface area contributed by atoms with Gasteiger partial charge in [-0.1, -0.05) is 42.0 Å². The highest BCUT2D eigenvalue weighted by Crippen LogP contribution is 2.41. The molecule has 2 aliphatic carbocycles. The molecule has 0 atom stereocenters. The fraction of sp³-hybridized carbons (Fsp3) is 0.200. The number of rotatable bonds is 1. The van der Waals surface area contributed by atoms with E-state index in [0.717, 1.165) is 25.7 Å². The molecule has 5 rings (SSSR count). The summed E-state index contributed by atoms with van der Waals surface area (Å²) in [4.78, 5) is 26.5. The summed E-state index contributed by atoms with van der Waals surface area (Å²) in [6.45, 7) is 0. The van der Waals surface area contributed by atoms with Crippen LogP contribution < -0.4 is 4.74 Å². The minimum atomic E-state index is -0.254. The molecule has 1 heterocycles. The van der Waals surface area contributed by atoms with Crippen molar-refractivity contribution < 1.29 is 18.7 Å². The molecule has 0 bridgehead atoms. The predicted molar refractivity (Wildman–Crippen MR) is 108 cm³/mol. The van der Waals surface area contributed by atoms with Crippen LogP contribution in [0.2, 0.25) is 0 Å². The van der Waals surface area contributed by atoms with E-state index in [-0.39, 0.29) is 22.7 Å². The number of hydrogen-bond donors (Lipinski definition) is 0. The average molecular weight is 380 g/mol. The first-order valence-corrected chi connectivity index (χ1v) is 9.54. The quantitative estimate of drug-likeness (QED) is 0.457. The first-order chi connectivity index (χ1) is 14.2. The molecular formula is C25H16O4. The number of furan rings is 1. The predicted octanol–water partition coefficient (Wildman–Crippen LogP) is 4.49. The van der Waals surface area contributed by atoms with Crippen LogP contribution in [0.1, 0.15) is 68.8 Å². The monoisotopic (exact) mass is 380 g/mol. The van der Waals surface area contributed by atoms with Crippen LogP contribution in [0, 0.1) is 23.7 Å². The molecule has 0 unspecified atom stereocenters. The van der Waals surface area contributed by atoms with Gasteiger partial charge in [0.25, 0.3) is 0 Å². The molecule has 1 aromatic heterocycles. The van der Waals surface area contributed by atoms with Crippen molar-refractivity contribution in [2.45, 2.75) is 25.7 Å². The second-order valence-electron chi connectivity index (χ2n) is 7.03. The molecule has 3 aromatic rings. The van der Waals surface area contributed by atoms with Gasteiger partial charge in [-0.05, 0) is 24.8 Å². The van der Waals surface area contributed by atoms with Crippen molar-refractivity contribution >= 4 is 22.5 Å². The first-order valence-electron chi connectivity index (χ1n) is 9.54. The third-order valence-corrected chi connectivity index (χ3v) is 5.30. The van der Waals surface area contributed by atoms with Crippen molar-refractivity contribution in [2.24, 2.45) is 0 Å². The van der Waals surface area contributed by atoms with E-state index >= 15 is 0 Å². The molecule has 0 N–H and O–H groups in total. The molecule has 0 radical (unpaired) electrons. The van der Waals surface area contributed by atoms with Gasteiger partial charge in [0.1, 0.15) is 11.3 Å². The van der Waals surface area contributed by atoms with Crippen molar-refractivity contribution in [2.75, 3.05) is 7.11 Å². The van der Waals surface area contributed by atoms with Crippen LogP contribution >= 0.6 is 0 Å². The Balaban J connectivity index is 1.88. The Morgan fingerprint density at radius 3 is 2.28 bits per heavy atom. The van der Waals surface area contributed by atoms with Crippen molar-refractivity contribution in [3.8, 4) is 29.4 Å². The maximum atomic E-state index is 13.4. The van der Waals surface area contributed by atoms with E-state index in [2.05, 4.69) is 23.7 Å². The molecule has 4 heteroatoms. The third-order valence-electron chi connectivity index (χ3n) is 5.30. The molecule has 140 valence electrons. The number of fused-ring (bicyclic) bond motifs is 6. The summed E-state index contributed by atoms with van der Waals surface area (Å²) in [7, 11) is 1.49. The molecule has 0 saturated heterocycles. The molecule has 0 fully saturated rings. The molecule has 0 amide bonds. The van der Waals surface area contributed by atoms with Gasteiger partial charge in [0.2, 0.25) is 0 Å². The Bertz CT molecular complexity index is 1330. The lowest BCUT2D eigenvalue weighted by atomic mass is 9.82. The Labute approximate surface area is 167 Å². The highest BCUT2D eigenvalue weighted by molar-refractivity contribution is 6.32. The maximum absolute atomic E-state index is 13.4. The van der Waals surface area contributed by atoms with E-state index in [4.69, 9.17) is 9.15 Å². The van der Waals surface area contributed by atoms with Gasteiger partial charge in [0.15, 0.2) is 17.3 Å². The van der Waals surface area contributed by atoms with Crippen molar-refractivity contribution in [1.29, 1.82) is 0 Å². The molecule has 0 saturated carbocycles. The Morgan fingerprint density at radius 1 is 0.931 bits per heavy atom. The number of benzene rings is 2. The van der Waals surface area contributed by atoms with Crippen LogP contribution in [-0.4, -0.2) is 18.7 Å². The van der Waals surface area contributed by atoms with Gasteiger partial charge >= 0.3 is 0 Å². The normalized spacial score (nSPS) is 14.7. The average Bonchev–Trinajstić information content (AvgIpc) is 3.10. The number of methoxy groups -OCH3 is 1. The second kappa shape index (κ2) is 6.69. The molecule has 2 aromatic carbocycles.